The van der Waals surface area contributed by atoms with Crippen molar-refractivity contribution in [2.45, 2.75) is 18.5 Å². The van der Waals surface area contributed by atoms with Crippen LogP contribution in [0.15, 0.2) is 53.9 Å². The van der Waals surface area contributed by atoms with E-state index >= 15 is 0 Å². The Balaban J connectivity index is 1.58. The molecule has 3 aromatic heterocycles. The van der Waals surface area contributed by atoms with E-state index in [1.807, 2.05) is 47.9 Å². The van der Waals surface area contributed by atoms with Crippen LogP contribution in [0.2, 0.25) is 0 Å². The van der Waals surface area contributed by atoms with E-state index in [1.165, 1.54) is 23.1 Å². The summed E-state index contributed by atoms with van der Waals surface area (Å²) in [6.45, 7) is 1.99. The van der Waals surface area contributed by atoms with E-state index in [0.717, 1.165) is 28.4 Å². The van der Waals surface area contributed by atoms with Crippen LogP contribution in [-0.4, -0.2) is 48.7 Å². The summed E-state index contributed by atoms with van der Waals surface area (Å²) in [5, 5.41) is 21.4. The summed E-state index contributed by atoms with van der Waals surface area (Å²) < 4.78 is 7.16. The maximum absolute atomic E-state index is 12.4. The highest BCUT2D eigenvalue weighted by Crippen LogP contribution is 2.28. The van der Waals surface area contributed by atoms with E-state index in [0.29, 0.717) is 16.1 Å². The number of rotatable bonds is 8. The minimum atomic E-state index is -0.184. The average Bonchev–Trinajstić information content (AvgIpc) is 3.45. The van der Waals surface area contributed by atoms with Gasteiger partial charge < -0.3 is 4.74 Å². The molecule has 0 saturated carbocycles. The fraction of sp³-hybridized carbons (Fsp3) is 0.200. The van der Waals surface area contributed by atoms with Crippen LogP contribution in [0.3, 0.4) is 0 Å². The van der Waals surface area contributed by atoms with Gasteiger partial charge in [0.15, 0.2) is 11.0 Å². The minimum absolute atomic E-state index is 0.155. The number of aryl methyl sites for hydroxylation is 1. The molecular formula is C20H19N7O2S2. The normalized spacial score (nSPS) is 10.8. The highest BCUT2D eigenvalue weighted by atomic mass is 32.2. The molecule has 4 rings (SSSR count). The van der Waals surface area contributed by atoms with Crippen LogP contribution in [0.1, 0.15) is 11.9 Å². The van der Waals surface area contributed by atoms with Crippen molar-refractivity contribution in [3.63, 3.8) is 0 Å². The van der Waals surface area contributed by atoms with Gasteiger partial charge in [-0.3, -0.25) is 19.7 Å². The standard InChI is InChI=1S/C20H19N7O2S2/c1-3-17-23-25-19(31-17)22-16(28)12-30-20-26-24-18(13-5-4-10-21-11-13)27(20)14-6-8-15(29-2)9-7-14/h4-11H,3,12H2,1-2H3,(H,22,25,28). The first kappa shape index (κ1) is 20.9. The Kier molecular flexibility index (Phi) is 6.53. The number of ether oxygens (including phenoxy) is 1. The molecule has 158 valence electrons. The van der Waals surface area contributed by atoms with Crippen molar-refractivity contribution in [2.75, 3.05) is 18.2 Å². The molecule has 31 heavy (non-hydrogen) atoms. The lowest BCUT2D eigenvalue weighted by atomic mass is 10.2. The monoisotopic (exact) mass is 453 g/mol. The van der Waals surface area contributed by atoms with Gasteiger partial charge in [0.1, 0.15) is 10.8 Å². The van der Waals surface area contributed by atoms with E-state index in [2.05, 4.69) is 30.7 Å². The van der Waals surface area contributed by atoms with Crippen molar-refractivity contribution >= 4 is 34.1 Å². The zero-order valence-corrected chi connectivity index (χ0v) is 18.5. The van der Waals surface area contributed by atoms with Crippen LogP contribution in [0, 0.1) is 0 Å². The third-order valence-corrected chi connectivity index (χ3v) is 6.14. The summed E-state index contributed by atoms with van der Waals surface area (Å²) in [4.78, 5) is 16.6. The Morgan fingerprint density at radius 3 is 2.68 bits per heavy atom. The van der Waals surface area contributed by atoms with Gasteiger partial charge >= 0.3 is 0 Å². The highest BCUT2D eigenvalue weighted by molar-refractivity contribution is 7.99. The Morgan fingerprint density at radius 1 is 1.16 bits per heavy atom. The maximum Gasteiger partial charge on any atom is 0.236 e. The van der Waals surface area contributed by atoms with Crippen LogP contribution in [0.25, 0.3) is 17.1 Å². The van der Waals surface area contributed by atoms with Gasteiger partial charge in [-0.15, -0.1) is 20.4 Å². The van der Waals surface area contributed by atoms with Gasteiger partial charge in [-0.05, 0) is 42.8 Å². The zero-order valence-electron chi connectivity index (χ0n) is 16.8. The molecule has 0 aliphatic rings. The molecule has 0 radical (unpaired) electrons. The lowest BCUT2D eigenvalue weighted by molar-refractivity contribution is -0.113. The molecule has 1 N–H and O–H groups in total. The number of hydrogen-bond donors (Lipinski definition) is 1. The molecular weight excluding hydrogens is 434 g/mol. The van der Waals surface area contributed by atoms with Crippen LogP contribution in [0.5, 0.6) is 5.75 Å². The molecule has 0 spiro atoms. The number of amides is 1. The van der Waals surface area contributed by atoms with Crippen molar-refractivity contribution in [1.29, 1.82) is 0 Å². The Bertz CT molecular complexity index is 1160. The molecule has 0 saturated heterocycles. The van der Waals surface area contributed by atoms with Crippen molar-refractivity contribution in [3.8, 4) is 22.8 Å². The van der Waals surface area contributed by atoms with Crippen LogP contribution in [-0.2, 0) is 11.2 Å². The van der Waals surface area contributed by atoms with Crippen LogP contribution >= 0.6 is 23.1 Å². The molecule has 0 unspecified atom stereocenters. The predicted octanol–water partition coefficient (Wildman–Crippen LogP) is 3.48. The molecule has 0 aliphatic carbocycles. The number of nitrogens with zero attached hydrogens (tertiary/aromatic N) is 6. The molecule has 1 aromatic carbocycles. The Hall–Kier alpha value is -3.31. The second kappa shape index (κ2) is 9.67. The third kappa shape index (κ3) is 4.89. The van der Waals surface area contributed by atoms with E-state index in [4.69, 9.17) is 4.74 Å². The SMILES string of the molecule is CCc1nnc(NC(=O)CSc2nnc(-c3cccnc3)n2-c2ccc(OC)cc2)s1. The summed E-state index contributed by atoms with van der Waals surface area (Å²) in [5.41, 5.74) is 1.67. The Labute approximate surface area is 186 Å². The molecule has 11 heteroatoms. The molecule has 9 nitrogen and oxygen atoms in total. The van der Waals surface area contributed by atoms with E-state index in [-0.39, 0.29) is 11.7 Å². The van der Waals surface area contributed by atoms with Crippen LogP contribution < -0.4 is 10.1 Å². The highest BCUT2D eigenvalue weighted by Gasteiger charge is 2.18. The summed E-state index contributed by atoms with van der Waals surface area (Å²) in [5.74, 6) is 1.35. The number of carbonyl (C=O) groups excluding carboxylic acids is 1. The lowest BCUT2D eigenvalue weighted by Gasteiger charge is -2.11. The minimum Gasteiger partial charge on any atom is -0.497 e. The first-order valence-electron chi connectivity index (χ1n) is 9.43. The first-order chi connectivity index (χ1) is 15.2. The molecule has 0 aliphatic heterocycles. The number of thioether (sulfide) groups is 1. The second-order valence-corrected chi connectivity index (χ2v) is 8.28. The number of hydrogen-bond acceptors (Lipinski definition) is 9. The topological polar surface area (TPSA) is 108 Å². The number of benzene rings is 1. The van der Waals surface area contributed by atoms with Crippen molar-refractivity contribution < 1.29 is 9.53 Å². The molecule has 0 atom stereocenters. The smallest absolute Gasteiger partial charge is 0.236 e. The largest absolute Gasteiger partial charge is 0.497 e. The predicted molar refractivity (Wildman–Crippen MR) is 120 cm³/mol. The fourth-order valence-corrected chi connectivity index (χ4v) is 4.19. The van der Waals surface area contributed by atoms with Gasteiger partial charge in [-0.2, -0.15) is 0 Å². The number of pyridine rings is 1. The van der Waals surface area contributed by atoms with Gasteiger partial charge in [0.05, 0.1) is 12.9 Å². The van der Waals surface area contributed by atoms with Gasteiger partial charge in [-0.1, -0.05) is 30.0 Å². The molecule has 3 heterocycles. The summed E-state index contributed by atoms with van der Waals surface area (Å²) in [6.07, 6.45) is 4.21. The summed E-state index contributed by atoms with van der Waals surface area (Å²) in [7, 11) is 1.62. The van der Waals surface area contributed by atoms with Gasteiger partial charge in [0.25, 0.3) is 0 Å². The van der Waals surface area contributed by atoms with Gasteiger partial charge in [0.2, 0.25) is 11.0 Å². The van der Waals surface area contributed by atoms with Crippen molar-refractivity contribution in [2.24, 2.45) is 0 Å². The second-order valence-electron chi connectivity index (χ2n) is 6.27. The van der Waals surface area contributed by atoms with Gasteiger partial charge in [-0.25, -0.2) is 0 Å². The Morgan fingerprint density at radius 2 is 2.00 bits per heavy atom. The summed E-state index contributed by atoms with van der Waals surface area (Å²) in [6, 6.07) is 11.3. The van der Waals surface area contributed by atoms with Crippen molar-refractivity contribution in [3.05, 3.63) is 53.8 Å². The molecule has 0 fully saturated rings. The number of methoxy groups -OCH3 is 1. The van der Waals surface area contributed by atoms with E-state index < -0.39 is 0 Å². The lowest BCUT2D eigenvalue weighted by Crippen LogP contribution is -2.14. The average molecular weight is 454 g/mol. The molecule has 1 amide bonds. The maximum atomic E-state index is 12.4. The van der Waals surface area contributed by atoms with Gasteiger partial charge in [0, 0.05) is 23.6 Å². The quantitative estimate of drug-likeness (QED) is 0.404. The first-order valence-corrected chi connectivity index (χ1v) is 11.2. The van der Waals surface area contributed by atoms with Crippen molar-refractivity contribution in [1.82, 2.24) is 29.9 Å². The van der Waals surface area contributed by atoms with E-state index in [9.17, 15) is 4.79 Å². The number of nitrogens with one attached hydrogen (secondary N) is 1. The number of aromatic nitrogens is 6. The molecule has 4 aromatic rings. The fourth-order valence-electron chi connectivity index (χ4n) is 2.74. The third-order valence-electron chi connectivity index (χ3n) is 4.23. The zero-order chi connectivity index (χ0) is 21.6. The number of carbonyl (C=O) groups is 1. The number of anilines is 1. The van der Waals surface area contributed by atoms with Crippen LogP contribution in [0.4, 0.5) is 5.13 Å². The molecule has 0 bridgehead atoms. The van der Waals surface area contributed by atoms with E-state index in [1.54, 1.807) is 19.5 Å². The summed E-state index contributed by atoms with van der Waals surface area (Å²) >= 11 is 2.66.